The van der Waals surface area contributed by atoms with Crippen molar-refractivity contribution in [3.8, 4) is 5.75 Å². The summed E-state index contributed by atoms with van der Waals surface area (Å²) in [6.45, 7) is 5.75. The first kappa shape index (κ1) is 15.0. The van der Waals surface area contributed by atoms with Gasteiger partial charge in [0, 0.05) is 11.0 Å². The number of hydrogen-bond donors (Lipinski definition) is 1. The molecule has 0 bridgehead atoms. The van der Waals surface area contributed by atoms with E-state index in [2.05, 4.69) is 15.9 Å². The minimum atomic E-state index is -0.500. The number of hydrogen-bond acceptors (Lipinski definition) is 4. The number of benzene rings is 1. The van der Waals surface area contributed by atoms with Crippen LogP contribution in [0.4, 0.5) is 0 Å². The molecule has 0 heterocycles. The van der Waals surface area contributed by atoms with Gasteiger partial charge in [-0.1, -0.05) is 15.9 Å². The number of ether oxygens (including phenoxy) is 2. The summed E-state index contributed by atoms with van der Waals surface area (Å²) in [7, 11) is 0. The van der Waals surface area contributed by atoms with Crippen molar-refractivity contribution in [3.05, 3.63) is 28.2 Å². The van der Waals surface area contributed by atoms with Gasteiger partial charge in [-0.3, -0.25) is 0 Å². The Bertz CT molecular complexity index is 427. The molecule has 0 radical (unpaired) electrons. The van der Waals surface area contributed by atoms with Crippen molar-refractivity contribution < 1.29 is 14.3 Å². The molecule has 2 N–H and O–H groups in total. The molecule has 0 aliphatic rings. The van der Waals surface area contributed by atoms with Crippen molar-refractivity contribution >= 4 is 21.9 Å². The molecule has 0 saturated carbocycles. The lowest BCUT2D eigenvalue weighted by atomic mass is 10.2. The number of carbonyl (C=O) groups excluding carboxylic acids is 1. The predicted octanol–water partition coefficient (Wildman–Crippen LogP) is 2.63. The summed E-state index contributed by atoms with van der Waals surface area (Å²) >= 11 is 3.36. The second-order valence-electron chi connectivity index (χ2n) is 4.87. The average molecular weight is 316 g/mol. The molecule has 1 rings (SSSR count). The van der Waals surface area contributed by atoms with Crippen LogP contribution < -0.4 is 10.5 Å². The van der Waals surface area contributed by atoms with Crippen molar-refractivity contribution in [2.45, 2.75) is 32.9 Å². The Labute approximate surface area is 116 Å². The minimum absolute atomic E-state index is 0.113. The first-order chi connectivity index (χ1) is 8.30. The molecule has 0 aromatic heterocycles. The Morgan fingerprint density at radius 2 is 2.00 bits per heavy atom. The Balaban J connectivity index is 2.58. The van der Waals surface area contributed by atoms with Crippen molar-refractivity contribution in [2.75, 3.05) is 6.61 Å². The molecule has 0 fully saturated rings. The van der Waals surface area contributed by atoms with E-state index in [1.54, 1.807) is 12.1 Å². The average Bonchev–Trinajstić information content (AvgIpc) is 2.23. The number of rotatable bonds is 4. The Hall–Kier alpha value is -1.07. The number of esters is 1. The van der Waals surface area contributed by atoms with Crippen molar-refractivity contribution in [2.24, 2.45) is 5.73 Å². The molecule has 0 saturated heterocycles. The van der Waals surface area contributed by atoms with Gasteiger partial charge in [0.1, 0.15) is 11.4 Å². The van der Waals surface area contributed by atoms with E-state index in [9.17, 15) is 4.79 Å². The van der Waals surface area contributed by atoms with Gasteiger partial charge in [-0.15, -0.1) is 0 Å². The first-order valence-corrected chi connectivity index (χ1v) is 6.43. The Kier molecular flexibility index (Phi) is 5.16. The molecule has 0 aliphatic carbocycles. The summed E-state index contributed by atoms with van der Waals surface area (Å²) in [6, 6.07) is 5.49. The van der Waals surface area contributed by atoms with Gasteiger partial charge in [0.15, 0.2) is 6.61 Å². The van der Waals surface area contributed by atoms with Gasteiger partial charge >= 0.3 is 5.97 Å². The van der Waals surface area contributed by atoms with Crippen LogP contribution in [0.2, 0.25) is 0 Å². The van der Waals surface area contributed by atoms with Crippen LogP contribution >= 0.6 is 15.9 Å². The van der Waals surface area contributed by atoms with Crippen LogP contribution in [0.5, 0.6) is 5.75 Å². The van der Waals surface area contributed by atoms with Crippen LogP contribution in [0, 0.1) is 0 Å². The van der Waals surface area contributed by atoms with Gasteiger partial charge in [0.2, 0.25) is 0 Å². The van der Waals surface area contributed by atoms with Crippen LogP contribution in [-0.2, 0) is 16.1 Å². The lowest BCUT2D eigenvalue weighted by Gasteiger charge is -2.19. The molecule has 1 aromatic rings. The molecule has 1 aromatic carbocycles. The number of carbonyl (C=O) groups is 1. The zero-order valence-electron chi connectivity index (χ0n) is 10.8. The molecular formula is C13H18BrNO3. The summed E-state index contributed by atoms with van der Waals surface area (Å²) in [5.41, 5.74) is 5.99. The number of nitrogens with two attached hydrogens (primary N) is 1. The fourth-order valence-corrected chi connectivity index (χ4v) is 1.85. The van der Waals surface area contributed by atoms with Gasteiger partial charge in [0.05, 0.1) is 0 Å². The summed E-state index contributed by atoms with van der Waals surface area (Å²) < 4.78 is 11.4. The van der Waals surface area contributed by atoms with E-state index in [-0.39, 0.29) is 6.61 Å². The molecule has 0 spiro atoms. The zero-order chi connectivity index (χ0) is 13.8. The maximum atomic E-state index is 11.5. The molecule has 0 aliphatic heterocycles. The lowest BCUT2D eigenvalue weighted by molar-refractivity contribution is -0.157. The zero-order valence-corrected chi connectivity index (χ0v) is 12.4. The highest BCUT2D eigenvalue weighted by Crippen LogP contribution is 2.21. The maximum Gasteiger partial charge on any atom is 0.344 e. The van der Waals surface area contributed by atoms with Crippen LogP contribution in [0.25, 0.3) is 0 Å². The summed E-state index contributed by atoms with van der Waals surface area (Å²) in [6.07, 6.45) is 0. The fraction of sp³-hybridized carbons (Fsp3) is 0.462. The standard InChI is InChI=1S/C13H18BrNO3/c1-13(2,3)18-12(16)8-17-11-5-9(7-15)4-10(14)6-11/h4-6H,7-8,15H2,1-3H3. The van der Waals surface area contributed by atoms with E-state index in [0.29, 0.717) is 12.3 Å². The molecule has 0 unspecified atom stereocenters. The molecule has 0 atom stereocenters. The third kappa shape index (κ3) is 5.51. The number of halogens is 1. The third-order valence-electron chi connectivity index (χ3n) is 1.94. The van der Waals surface area contributed by atoms with E-state index in [1.807, 2.05) is 26.8 Å². The summed E-state index contributed by atoms with van der Waals surface area (Å²) in [4.78, 5) is 11.5. The maximum absolute atomic E-state index is 11.5. The SMILES string of the molecule is CC(C)(C)OC(=O)COc1cc(Br)cc(CN)c1. The summed E-state index contributed by atoms with van der Waals surface area (Å²) in [5.74, 6) is 0.201. The normalized spacial score (nSPS) is 11.2. The molecule has 100 valence electrons. The minimum Gasteiger partial charge on any atom is -0.482 e. The van der Waals surface area contributed by atoms with Gasteiger partial charge < -0.3 is 15.2 Å². The Morgan fingerprint density at radius 1 is 1.33 bits per heavy atom. The van der Waals surface area contributed by atoms with Gasteiger partial charge in [-0.2, -0.15) is 0 Å². The van der Waals surface area contributed by atoms with Crippen molar-refractivity contribution in [3.63, 3.8) is 0 Å². The van der Waals surface area contributed by atoms with Crippen molar-refractivity contribution in [1.29, 1.82) is 0 Å². The molecular weight excluding hydrogens is 298 g/mol. The van der Waals surface area contributed by atoms with E-state index in [0.717, 1.165) is 10.0 Å². The highest BCUT2D eigenvalue weighted by molar-refractivity contribution is 9.10. The van der Waals surface area contributed by atoms with E-state index >= 15 is 0 Å². The monoisotopic (exact) mass is 315 g/mol. The first-order valence-electron chi connectivity index (χ1n) is 5.64. The van der Waals surface area contributed by atoms with Crippen LogP contribution in [0.3, 0.4) is 0 Å². The fourth-order valence-electron chi connectivity index (χ4n) is 1.34. The summed E-state index contributed by atoms with van der Waals surface area (Å²) in [5, 5.41) is 0. The molecule has 4 nitrogen and oxygen atoms in total. The predicted molar refractivity (Wildman–Crippen MR) is 73.4 cm³/mol. The van der Waals surface area contributed by atoms with Crippen LogP contribution in [-0.4, -0.2) is 18.2 Å². The second kappa shape index (κ2) is 6.20. The largest absolute Gasteiger partial charge is 0.482 e. The highest BCUT2D eigenvalue weighted by atomic mass is 79.9. The quantitative estimate of drug-likeness (QED) is 0.868. The van der Waals surface area contributed by atoms with Crippen molar-refractivity contribution in [1.82, 2.24) is 0 Å². The van der Waals surface area contributed by atoms with Gasteiger partial charge in [-0.05, 0) is 44.5 Å². The van der Waals surface area contributed by atoms with Gasteiger partial charge in [-0.25, -0.2) is 4.79 Å². The van der Waals surface area contributed by atoms with E-state index in [4.69, 9.17) is 15.2 Å². The molecule has 18 heavy (non-hydrogen) atoms. The van der Waals surface area contributed by atoms with E-state index < -0.39 is 11.6 Å². The molecule has 5 heteroatoms. The highest BCUT2D eigenvalue weighted by Gasteiger charge is 2.16. The van der Waals surface area contributed by atoms with Crippen LogP contribution in [0.15, 0.2) is 22.7 Å². The Morgan fingerprint density at radius 3 is 2.56 bits per heavy atom. The third-order valence-corrected chi connectivity index (χ3v) is 2.40. The molecule has 0 amide bonds. The van der Waals surface area contributed by atoms with Gasteiger partial charge in [0.25, 0.3) is 0 Å². The van der Waals surface area contributed by atoms with E-state index in [1.165, 1.54) is 0 Å². The second-order valence-corrected chi connectivity index (χ2v) is 5.79. The topological polar surface area (TPSA) is 61.5 Å². The smallest absolute Gasteiger partial charge is 0.344 e. The lowest BCUT2D eigenvalue weighted by Crippen LogP contribution is -2.27. The van der Waals surface area contributed by atoms with Crippen LogP contribution in [0.1, 0.15) is 26.3 Å².